The Kier molecular flexibility index (Phi) is 6.41. The van der Waals surface area contributed by atoms with E-state index in [2.05, 4.69) is 16.8 Å². The zero-order chi connectivity index (χ0) is 20.3. The molecule has 2 aromatic rings. The van der Waals surface area contributed by atoms with E-state index in [0.717, 1.165) is 30.3 Å². The maximum atomic E-state index is 13.0. The van der Waals surface area contributed by atoms with E-state index in [0.29, 0.717) is 35.9 Å². The monoisotopic (exact) mass is 405 g/mol. The van der Waals surface area contributed by atoms with Gasteiger partial charge in [-0.2, -0.15) is 0 Å². The maximum absolute atomic E-state index is 13.0. The van der Waals surface area contributed by atoms with Gasteiger partial charge in [-0.1, -0.05) is 0 Å². The van der Waals surface area contributed by atoms with Crippen LogP contribution in [-0.2, 0) is 6.54 Å². The molecule has 0 radical (unpaired) electrons. The number of ether oxygens (including phenoxy) is 3. The second kappa shape index (κ2) is 8.79. The molecule has 152 valence electrons. The van der Waals surface area contributed by atoms with Gasteiger partial charge < -0.3 is 19.1 Å². The molecule has 1 aliphatic rings. The van der Waals surface area contributed by atoms with Gasteiger partial charge in [0, 0.05) is 36.6 Å². The number of benzene rings is 1. The molecule has 1 aromatic carbocycles. The lowest BCUT2D eigenvalue weighted by Crippen LogP contribution is -2.48. The molecule has 1 amide bonds. The molecule has 0 N–H and O–H groups in total. The van der Waals surface area contributed by atoms with E-state index in [-0.39, 0.29) is 5.91 Å². The van der Waals surface area contributed by atoms with Gasteiger partial charge in [0.15, 0.2) is 11.5 Å². The highest BCUT2D eigenvalue weighted by molar-refractivity contribution is 7.11. The summed E-state index contributed by atoms with van der Waals surface area (Å²) in [6.07, 6.45) is 0. The Labute approximate surface area is 169 Å². The average Bonchev–Trinajstić information content (AvgIpc) is 3.03. The normalized spacial score (nSPS) is 14.8. The molecule has 7 nitrogen and oxygen atoms in total. The second-order valence-electron chi connectivity index (χ2n) is 6.73. The van der Waals surface area contributed by atoms with Gasteiger partial charge in [0.2, 0.25) is 5.75 Å². The van der Waals surface area contributed by atoms with Crippen molar-refractivity contribution in [3.05, 3.63) is 33.3 Å². The van der Waals surface area contributed by atoms with Crippen LogP contribution in [0, 0.1) is 13.8 Å². The Morgan fingerprint density at radius 2 is 1.64 bits per heavy atom. The summed E-state index contributed by atoms with van der Waals surface area (Å²) >= 11 is 1.75. The number of thiazole rings is 1. The number of nitrogens with zero attached hydrogens (tertiary/aromatic N) is 3. The quantitative estimate of drug-likeness (QED) is 0.736. The molecule has 0 spiro atoms. The van der Waals surface area contributed by atoms with Crippen LogP contribution in [0.3, 0.4) is 0 Å². The molecule has 0 saturated carbocycles. The fourth-order valence-corrected chi connectivity index (χ4v) is 4.27. The zero-order valence-electron chi connectivity index (χ0n) is 17.1. The van der Waals surface area contributed by atoms with Crippen LogP contribution < -0.4 is 14.2 Å². The number of carbonyl (C=O) groups excluding carboxylic acids is 1. The lowest BCUT2D eigenvalue weighted by molar-refractivity contribution is 0.0627. The van der Waals surface area contributed by atoms with Gasteiger partial charge in [-0.3, -0.25) is 9.69 Å². The second-order valence-corrected chi connectivity index (χ2v) is 8.02. The summed E-state index contributed by atoms with van der Waals surface area (Å²) in [7, 11) is 4.64. The third-order valence-electron chi connectivity index (χ3n) is 5.00. The molecule has 0 aliphatic carbocycles. The van der Waals surface area contributed by atoms with Gasteiger partial charge >= 0.3 is 0 Å². The predicted octanol–water partition coefficient (Wildman–Crippen LogP) is 2.74. The average molecular weight is 406 g/mol. The van der Waals surface area contributed by atoms with Crippen LogP contribution >= 0.6 is 11.3 Å². The Bertz CT molecular complexity index is 799. The number of rotatable bonds is 6. The van der Waals surface area contributed by atoms with E-state index in [9.17, 15) is 4.79 Å². The Hall–Kier alpha value is -2.32. The summed E-state index contributed by atoms with van der Waals surface area (Å²) in [5.41, 5.74) is 1.64. The Morgan fingerprint density at radius 3 is 2.11 bits per heavy atom. The number of carbonyl (C=O) groups is 1. The third kappa shape index (κ3) is 4.23. The van der Waals surface area contributed by atoms with Crippen molar-refractivity contribution < 1.29 is 19.0 Å². The number of hydrogen-bond donors (Lipinski definition) is 0. The number of piperazine rings is 1. The van der Waals surface area contributed by atoms with E-state index < -0.39 is 0 Å². The first-order valence-electron chi connectivity index (χ1n) is 9.21. The van der Waals surface area contributed by atoms with Crippen molar-refractivity contribution in [2.75, 3.05) is 47.5 Å². The number of aryl methyl sites for hydroxylation is 2. The Balaban J connectivity index is 1.66. The lowest BCUT2D eigenvalue weighted by atomic mass is 10.1. The van der Waals surface area contributed by atoms with Crippen LogP contribution in [-0.4, -0.2) is 68.2 Å². The van der Waals surface area contributed by atoms with Gasteiger partial charge in [-0.05, 0) is 26.0 Å². The van der Waals surface area contributed by atoms with Crippen molar-refractivity contribution in [3.63, 3.8) is 0 Å². The van der Waals surface area contributed by atoms with E-state index in [1.165, 1.54) is 4.88 Å². The molecule has 0 bridgehead atoms. The van der Waals surface area contributed by atoms with Crippen LogP contribution in [0.15, 0.2) is 12.1 Å². The van der Waals surface area contributed by atoms with Crippen LogP contribution in [0.1, 0.15) is 25.9 Å². The summed E-state index contributed by atoms with van der Waals surface area (Å²) in [6, 6.07) is 3.41. The first-order chi connectivity index (χ1) is 13.5. The molecule has 28 heavy (non-hydrogen) atoms. The lowest BCUT2D eigenvalue weighted by Gasteiger charge is -2.34. The molecule has 0 atom stereocenters. The van der Waals surface area contributed by atoms with Gasteiger partial charge in [0.25, 0.3) is 5.91 Å². The maximum Gasteiger partial charge on any atom is 0.254 e. The first kappa shape index (κ1) is 20.4. The molecule has 1 fully saturated rings. The Morgan fingerprint density at radius 1 is 1.04 bits per heavy atom. The molecule has 8 heteroatoms. The molecule has 1 saturated heterocycles. The summed E-state index contributed by atoms with van der Waals surface area (Å²) in [6.45, 7) is 8.00. The van der Waals surface area contributed by atoms with Crippen molar-refractivity contribution in [1.29, 1.82) is 0 Å². The summed E-state index contributed by atoms with van der Waals surface area (Å²) in [5, 5.41) is 1.14. The zero-order valence-corrected chi connectivity index (χ0v) is 17.9. The number of amides is 1. The molecule has 0 unspecified atom stereocenters. The largest absolute Gasteiger partial charge is 0.493 e. The van der Waals surface area contributed by atoms with Crippen molar-refractivity contribution in [3.8, 4) is 17.2 Å². The van der Waals surface area contributed by atoms with E-state index in [1.54, 1.807) is 44.8 Å². The molecular weight excluding hydrogens is 378 g/mol. The minimum Gasteiger partial charge on any atom is -0.493 e. The minimum atomic E-state index is -0.0279. The smallest absolute Gasteiger partial charge is 0.254 e. The first-order valence-corrected chi connectivity index (χ1v) is 10.0. The van der Waals surface area contributed by atoms with Crippen molar-refractivity contribution in [2.24, 2.45) is 0 Å². The van der Waals surface area contributed by atoms with Crippen LogP contribution in [0.2, 0.25) is 0 Å². The fourth-order valence-electron chi connectivity index (χ4n) is 3.29. The van der Waals surface area contributed by atoms with Crippen LogP contribution in [0.4, 0.5) is 0 Å². The third-order valence-corrected chi connectivity index (χ3v) is 6.06. The number of aromatic nitrogens is 1. The molecular formula is C20H27N3O4S. The van der Waals surface area contributed by atoms with Gasteiger partial charge in [-0.15, -0.1) is 11.3 Å². The van der Waals surface area contributed by atoms with E-state index in [1.807, 2.05) is 11.8 Å². The van der Waals surface area contributed by atoms with Crippen LogP contribution in [0.25, 0.3) is 0 Å². The summed E-state index contributed by atoms with van der Waals surface area (Å²) in [5.74, 6) is 1.43. The molecule has 3 rings (SSSR count). The molecule has 1 aliphatic heterocycles. The highest BCUT2D eigenvalue weighted by atomic mass is 32.1. The number of methoxy groups -OCH3 is 3. The van der Waals surface area contributed by atoms with Gasteiger partial charge in [0.1, 0.15) is 5.01 Å². The number of hydrogen-bond acceptors (Lipinski definition) is 7. The topological polar surface area (TPSA) is 64.1 Å². The standard InChI is InChI=1S/C20H27N3O4S/c1-13-14(2)28-18(21-13)12-22-6-8-23(9-7-22)20(24)15-10-16(25-3)19(27-5)17(11-15)26-4/h10-11H,6-9,12H2,1-5H3. The molecule has 2 heterocycles. The fraction of sp³-hybridized carbons (Fsp3) is 0.500. The highest BCUT2D eigenvalue weighted by Crippen LogP contribution is 2.38. The van der Waals surface area contributed by atoms with E-state index >= 15 is 0 Å². The summed E-state index contributed by atoms with van der Waals surface area (Å²) < 4.78 is 16.1. The SMILES string of the molecule is COc1cc(C(=O)N2CCN(Cc3nc(C)c(C)s3)CC2)cc(OC)c1OC. The van der Waals surface area contributed by atoms with Gasteiger partial charge in [0.05, 0.1) is 33.6 Å². The predicted molar refractivity (Wildman–Crippen MR) is 109 cm³/mol. The van der Waals surface area contributed by atoms with Crippen LogP contribution in [0.5, 0.6) is 17.2 Å². The van der Waals surface area contributed by atoms with Gasteiger partial charge in [-0.25, -0.2) is 4.98 Å². The molecule has 1 aromatic heterocycles. The van der Waals surface area contributed by atoms with Crippen molar-refractivity contribution in [2.45, 2.75) is 20.4 Å². The summed E-state index contributed by atoms with van der Waals surface area (Å²) in [4.78, 5) is 23.1. The minimum absolute atomic E-state index is 0.0279. The highest BCUT2D eigenvalue weighted by Gasteiger charge is 2.25. The van der Waals surface area contributed by atoms with E-state index in [4.69, 9.17) is 14.2 Å². The van der Waals surface area contributed by atoms with Crippen molar-refractivity contribution in [1.82, 2.24) is 14.8 Å². The van der Waals surface area contributed by atoms with Crippen molar-refractivity contribution >= 4 is 17.2 Å².